The van der Waals surface area contributed by atoms with E-state index in [9.17, 15) is 13.2 Å². The van der Waals surface area contributed by atoms with E-state index < -0.39 is 15.6 Å². The first-order valence-electron chi connectivity index (χ1n) is 7.13. The van der Waals surface area contributed by atoms with Crippen LogP contribution in [0.2, 0.25) is 0 Å². The topological polar surface area (TPSA) is 78.5 Å². The van der Waals surface area contributed by atoms with Gasteiger partial charge >= 0.3 is 0 Å². The van der Waals surface area contributed by atoms with E-state index in [0.717, 1.165) is 45.3 Å². The third kappa shape index (κ3) is 4.55. The summed E-state index contributed by atoms with van der Waals surface area (Å²) < 4.78 is 25.1. The maximum absolute atomic E-state index is 12.5. The van der Waals surface area contributed by atoms with Crippen LogP contribution in [-0.4, -0.2) is 57.2 Å². The van der Waals surface area contributed by atoms with Crippen molar-refractivity contribution in [3.8, 4) is 0 Å². The van der Waals surface area contributed by atoms with Crippen LogP contribution >= 0.6 is 12.4 Å². The summed E-state index contributed by atoms with van der Waals surface area (Å²) >= 11 is 0. The average molecular weight is 340 g/mol. The Labute approximate surface area is 133 Å². The van der Waals surface area contributed by atoms with Gasteiger partial charge in [-0.05, 0) is 45.1 Å². The molecule has 0 atom stereocenters. The number of rotatable bonds is 3. The maximum atomic E-state index is 12.5. The van der Waals surface area contributed by atoms with Crippen molar-refractivity contribution in [3.63, 3.8) is 0 Å². The molecule has 1 amide bonds. The van der Waals surface area contributed by atoms with Crippen molar-refractivity contribution in [2.75, 3.05) is 32.4 Å². The van der Waals surface area contributed by atoms with Crippen LogP contribution in [0.25, 0.3) is 0 Å². The third-order valence-electron chi connectivity index (χ3n) is 4.42. The molecule has 124 valence electrons. The van der Waals surface area contributed by atoms with Crippen LogP contribution in [0.5, 0.6) is 0 Å². The van der Waals surface area contributed by atoms with E-state index >= 15 is 0 Å². The van der Waals surface area contributed by atoms with E-state index in [-0.39, 0.29) is 18.3 Å². The molecular weight excluding hydrogens is 314 g/mol. The average Bonchev–Trinajstić information content (AvgIpc) is 2.75. The van der Waals surface area contributed by atoms with Crippen LogP contribution in [0.4, 0.5) is 0 Å². The summed E-state index contributed by atoms with van der Waals surface area (Å²) in [5.74, 6) is -0.135. The minimum atomic E-state index is -3.40. The molecule has 21 heavy (non-hydrogen) atoms. The molecule has 2 fully saturated rings. The predicted molar refractivity (Wildman–Crippen MR) is 85.0 cm³/mol. The largest absolute Gasteiger partial charge is 0.341 e. The van der Waals surface area contributed by atoms with Gasteiger partial charge in [-0.1, -0.05) is 0 Å². The van der Waals surface area contributed by atoms with Crippen molar-refractivity contribution < 1.29 is 13.2 Å². The Morgan fingerprint density at radius 1 is 1.24 bits per heavy atom. The standard InChI is InChI=1S/C13H25N3O3S.ClH/c1-12(2,15-20(3,18)19)11(17)16-8-5-13(6-9-16)4-7-14-10-13;/h14-15H,4-10H2,1-3H3;1H. The van der Waals surface area contributed by atoms with E-state index in [0.29, 0.717) is 5.41 Å². The molecule has 0 aliphatic carbocycles. The molecule has 1 spiro atoms. The van der Waals surface area contributed by atoms with Gasteiger partial charge in [0.05, 0.1) is 6.26 Å². The van der Waals surface area contributed by atoms with E-state index in [1.165, 1.54) is 6.42 Å². The number of hydrogen-bond donors (Lipinski definition) is 2. The molecule has 0 unspecified atom stereocenters. The number of halogens is 1. The van der Waals surface area contributed by atoms with Gasteiger partial charge in [0.15, 0.2) is 0 Å². The summed E-state index contributed by atoms with van der Waals surface area (Å²) in [6.07, 6.45) is 4.26. The highest BCUT2D eigenvalue weighted by Crippen LogP contribution is 2.37. The first-order valence-corrected chi connectivity index (χ1v) is 9.02. The molecule has 0 bridgehead atoms. The lowest BCUT2D eigenvalue weighted by molar-refractivity contribution is -0.138. The van der Waals surface area contributed by atoms with Crippen LogP contribution in [0.3, 0.4) is 0 Å². The number of amides is 1. The SMILES string of the molecule is CC(C)(NS(C)(=O)=O)C(=O)N1CCC2(CCNC2)CC1.Cl. The minimum Gasteiger partial charge on any atom is -0.341 e. The summed E-state index contributed by atoms with van der Waals surface area (Å²) in [6.45, 7) is 6.79. The van der Waals surface area contributed by atoms with Crippen molar-refractivity contribution in [3.05, 3.63) is 0 Å². The molecular formula is C13H26ClN3O3S. The second-order valence-corrected chi connectivity index (χ2v) is 8.47. The molecule has 6 nitrogen and oxygen atoms in total. The Bertz CT molecular complexity index is 477. The van der Waals surface area contributed by atoms with Gasteiger partial charge < -0.3 is 10.2 Å². The van der Waals surface area contributed by atoms with E-state index in [2.05, 4.69) is 10.0 Å². The predicted octanol–water partition coefficient (Wildman–Crippen LogP) is 0.338. The summed E-state index contributed by atoms with van der Waals surface area (Å²) in [6, 6.07) is 0. The fourth-order valence-electron chi connectivity index (χ4n) is 3.31. The highest BCUT2D eigenvalue weighted by molar-refractivity contribution is 7.88. The molecule has 2 N–H and O–H groups in total. The first-order chi connectivity index (χ1) is 9.14. The highest BCUT2D eigenvalue weighted by atomic mass is 35.5. The molecule has 0 aromatic carbocycles. The van der Waals surface area contributed by atoms with E-state index in [4.69, 9.17) is 0 Å². The fourth-order valence-corrected chi connectivity index (χ4v) is 4.32. The highest BCUT2D eigenvalue weighted by Gasteiger charge is 2.41. The van der Waals surface area contributed by atoms with Crippen molar-refractivity contribution in [1.29, 1.82) is 0 Å². The maximum Gasteiger partial charge on any atom is 0.243 e. The lowest BCUT2D eigenvalue weighted by Crippen LogP contribution is -2.57. The van der Waals surface area contributed by atoms with Gasteiger partial charge in [0.2, 0.25) is 15.9 Å². The molecule has 0 radical (unpaired) electrons. The molecule has 2 aliphatic rings. The van der Waals surface area contributed by atoms with Crippen LogP contribution in [0, 0.1) is 5.41 Å². The molecule has 2 saturated heterocycles. The first kappa shape index (κ1) is 18.7. The molecule has 0 aromatic heterocycles. The molecule has 8 heteroatoms. The van der Waals surface area contributed by atoms with Crippen LogP contribution in [-0.2, 0) is 14.8 Å². The number of hydrogen-bond acceptors (Lipinski definition) is 4. The van der Waals surface area contributed by atoms with Crippen LogP contribution in [0.15, 0.2) is 0 Å². The zero-order valence-corrected chi connectivity index (χ0v) is 14.6. The Morgan fingerprint density at radius 2 is 1.81 bits per heavy atom. The second kappa shape index (κ2) is 6.40. The quantitative estimate of drug-likeness (QED) is 0.777. The zero-order chi connectivity index (χ0) is 15.0. The lowest BCUT2D eigenvalue weighted by Gasteiger charge is -2.41. The van der Waals surface area contributed by atoms with Gasteiger partial charge in [-0.3, -0.25) is 4.79 Å². The van der Waals surface area contributed by atoms with Crippen molar-refractivity contribution in [2.24, 2.45) is 5.41 Å². The Morgan fingerprint density at radius 3 is 2.24 bits per heavy atom. The van der Waals surface area contributed by atoms with Gasteiger partial charge in [-0.15, -0.1) is 12.4 Å². The van der Waals surface area contributed by atoms with Gasteiger partial charge in [0.25, 0.3) is 0 Å². The van der Waals surface area contributed by atoms with E-state index in [1.807, 2.05) is 0 Å². The van der Waals surface area contributed by atoms with Gasteiger partial charge in [-0.2, -0.15) is 0 Å². The number of nitrogens with zero attached hydrogens (tertiary/aromatic N) is 1. The molecule has 0 aromatic rings. The van der Waals surface area contributed by atoms with Gasteiger partial charge in [0.1, 0.15) is 5.54 Å². The monoisotopic (exact) mass is 339 g/mol. The lowest BCUT2D eigenvalue weighted by atomic mass is 9.77. The number of carbonyl (C=O) groups excluding carboxylic acids is 1. The normalized spacial score (nSPS) is 22.1. The fraction of sp³-hybridized carbons (Fsp3) is 0.923. The van der Waals surface area contributed by atoms with Crippen LogP contribution < -0.4 is 10.0 Å². The second-order valence-electron chi connectivity index (χ2n) is 6.72. The van der Waals surface area contributed by atoms with Gasteiger partial charge in [-0.25, -0.2) is 13.1 Å². The zero-order valence-electron chi connectivity index (χ0n) is 12.9. The third-order valence-corrected chi connectivity index (χ3v) is 5.30. The summed E-state index contributed by atoms with van der Waals surface area (Å²) in [5.41, 5.74) is -0.725. The summed E-state index contributed by atoms with van der Waals surface area (Å²) in [4.78, 5) is 14.3. The molecule has 2 rings (SSSR count). The number of piperidine rings is 1. The number of carbonyl (C=O) groups is 1. The minimum absolute atomic E-state index is 0. The number of sulfonamides is 1. The molecule has 0 saturated carbocycles. The Balaban J connectivity index is 0.00000220. The summed E-state index contributed by atoms with van der Waals surface area (Å²) in [7, 11) is -3.40. The Hall–Kier alpha value is -0.370. The Kier molecular flexibility index (Phi) is 5.69. The number of nitrogens with one attached hydrogen (secondary N) is 2. The smallest absolute Gasteiger partial charge is 0.243 e. The van der Waals surface area contributed by atoms with Crippen LogP contribution in [0.1, 0.15) is 33.1 Å². The van der Waals surface area contributed by atoms with Gasteiger partial charge in [0, 0.05) is 19.6 Å². The van der Waals surface area contributed by atoms with Crippen molar-refractivity contribution >= 4 is 28.3 Å². The molecule has 2 aliphatic heterocycles. The summed E-state index contributed by atoms with van der Waals surface area (Å²) in [5, 5.41) is 3.39. The number of likely N-dealkylation sites (tertiary alicyclic amines) is 1. The molecule has 2 heterocycles. The van der Waals surface area contributed by atoms with E-state index in [1.54, 1.807) is 18.7 Å². The van der Waals surface area contributed by atoms with Crippen molar-refractivity contribution in [1.82, 2.24) is 14.9 Å². The van der Waals surface area contributed by atoms with Crippen molar-refractivity contribution in [2.45, 2.75) is 38.6 Å².